The lowest BCUT2D eigenvalue weighted by molar-refractivity contribution is -0.132. The lowest BCUT2D eigenvalue weighted by Crippen LogP contribution is -2.26. The van der Waals surface area contributed by atoms with Gasteiger partial charge in [0.1, 0.15) is 5.57 Å². The van der Waals surface area contributed by atoms with E-state index in [2.05, 4.69) is 15.6 Å². The van der Waals surface area contributed by atoms with Gasteiger partial charge in [-0.15, -0.1) is 0 Å². The van der Waals surface area contributed by atoms with Gasteiger partial charge in [-0.3, -0.25) is 4.98 Å². The van der Waals surface area contributed by atoms with Crippen molar-refractivity contribution in [3.63, 3.8) is 0 Å². The maximum atomic E-state index is 11.8. The van der Waals surface area contributed by atoms with Crippen molar-refractivity contribution in [1.29, 1.82) is 0 Å². The molecule has 7 heteroatoms. The molecule has 0 saturated heterocycles. The molecule has 2 heterocycles. The van der Waals surface area contributed by atoms with E-state index in [-0.39, 0.29) is 16.8 Å². The highest BCUT2D eigenvalue weighted by atomic mass is 35.5. The number of halogens is 1. The zero-order chi connectivity index (χ0) is 18.7. The molecule has 0 radical (unpaired) electrons. The van der Waals surface area contributed by atoms with Crippen molar-refractivity contribution in [3.8, 4) is 0 Å². The number of carboxylic acid groups (broad SMARTS) is 1. The number of ether oxygens (including phenoxy) is 1. The minimum atomic E-state index is -1.19. The standard InChI is InChI=1S/C19H18ClN3O3/c1-11-16(15(19(24)25)18(20)26-2)23-17(14-9-5-6-10-21-14)12-7-3-4-8-13(12)22-11/h3-10,17,22-23H,1-2H3,(H,24,25)/b18-15-. The van der Waals surface area contributed by atoms with Gasteiger partial charge in [-0.1, -0.05) is 24.3 Å². The van der Waals surface area contributed by atoms with Gasteiger partial charge in [0.05, 0.1) is 24.5 Å². The third-order valence-corrected chi connectivity index (χ3v) is 4.42. The van der Waals surface area contributed by atoms with Crippen LogP contribution in [0, 0.1) is 0 Å². The second-order valence-electron chi connectivity index (χ2n) is 5.70. The summed E-state index contributed by atoms with van der Waals surface area (Å²) in [6.45, 7) is 1.78. The molecule has 0 saturated carbocycles. The van der Waals surface area contributed by atoms with Crippen molar-refractivity contribution in [2.24, 2.45) is 0 Å². The molecule has 2 aromatic rings. The van der Waals surface area contributed by atoms with Crippen LogP contribution in [0.4, 0.5) is 5.69 Å². The molecule has 0 spiro atoms. The van der Waals surface area contributed by atoms with Gasteiger partial charge < -0.3 is 20.5 Å². The van der Waals surface area contributed by atoms with E-state index in [1.165, 1.54) is 7.11 Å². The number of para-hydroxylation sites is 1. The Morgan fingerprint density at radius 3 is 2.62 bits per heavy atom. The quantitative estimate of drug-likeness (QED) is 0.562. The number of hydrogen-bond acceptors (Lipinski definition) is 5. The Balaban J connectivity index is 2.19. The van der Waals surface area contributed by atoms with Gasteiger partial charge >= 0.3 is 5.97 Å². The smallest absolute Gasteiger partial charge is 0.342 e. The van der Waals surface area contributed by atoms with Crippen molar-refractivity contribution in [1.82, 2.24) is 10.3 Å². The molecule has 1 unspecified atom stereocenters. The number of carboxylic acids is 1. The second-order valence-corrected chi connectivity index (χ2v) is 6.05. The third kappa shape index (κ3) is 3.36. The summed E-state index contributed by atoms with van der Waals surface area (Å²) >= 11 is 6.04. The number of pyridine rings is 1. The average molecular weight is 372 g/mol. The zero-order valence-corrected chi connectivity index (χ0v) is 15.0. The molecule has 1 aromatic heterocycles. The maximum Gasteiger partial charge on any atom is 0.342 e. The van der Waals surface area contributed by atoms with E-state index in [1.54, 1.807) is 13.1 Å². The lowest BCUT2D eigenvalue weighted by atomic mass is 10.0. The number of allylic oxidation sites excluding steroid dienone is 1. The number of anilines is 1. The van der Waals surface area contributed by atoms with Crippen LogP contribution < -0.4 is 10.6 Å². The molecule has 1 aromatic carbocycles. The lowest BCUT2D eigenvalue weighted by Gasteiger charge is -2.21. The van der Waals surface area contributed by atoms with Crippen LogP contribution in [0.2, 0.25) is 0 Å². The van der Waals surface area contributed by atoms with E-state index < -0.39 is 5.97 Å². The van der Waals surface area contributed by atoms with Gasteiger partial charge in [0.15, 0.2) is 0 Å². The molecule has 3 N–H and O–H groups in total. The highest BCUT2D eigenvalue weighted by Crippen LogP contribution is 2.34. The first kappa shape index (κ1) is 17.8. The molecule has 0 fully saturated rings. The number of fused-ring (bicyclic) bond motifs is 1. The van der Waals surface area contributed by atoms with E-state index >= 15 is 0 Å². The van der Waals surface area contributed by atoms with Crippen LogP contribution in [-0.2, 0) is 9.53 Å². The fraction of sp³-hybridized carbons (Fsp3) is 0.158. The van der Waals surface area contributed by atoms with E-state index in [0.717, 1.165) is 16.9 Å². The topological polar surface area (TPSA) is 83.5 Å². The first-order chi connectivity index (χ1) is 12.5. The molecule has 1 aliphatic heterocycles. The summed E-state index contributed by atoms with van der Waals surface area (Å²) in [5, 5.41) is 16.0. The van der Waals surface area contributed by atoms with Crippen LogP contribution in [0.25, 0.3) is 0 Å². The number of nitrogens with one attached hydrogen (secondary N) is 2. The van der Waals surface area contributed by atoms with Crippen molar-refractivity contribution in [3.05, 3.63) is 82.1 Å². The Kier molecular flexibility index (Phi) is 5.14. The predicted octanol–water partition coefficient (Wildman–Crippen LogP) is 3.60. The Morgan fingerprint density at radius 2 is 1.96 bits per heavy atom. The van der Waals surface area contributed by atoms with Crippen LogP contribution in [0.3, 0.4) is 0 Å². The third-order valence-electron chi connectivity index (χ3n) is 4.08. The SMILES string of the molecule is CO/C(Cl)=C(\C(=O)O)C1=C(C)Nc2ccccc2C(c2ccccn2)N1. The highest BCUT2D eigenvalue weighted by molar-refractivity contribution is 6.30. The zero-order valence-electron chi connectivity index (χ0n) is 14.3. The molecule has 0 aliphatic carbocycles. The van der Waals surface area contributed by atoms with E-state index in [1.807, 2.05) is 42.5 Å². The molecule has 3 rings (SSSR count). The van der Waals surface area contributed by atoms with Crippen molar-refractivity contribution < 1.29 is 14.6 Å². The first-order valence-electron chi connectivity index (χ1n) is 7.94. The van der Waals surface area contributed by atoms with E-state index in [9.17, 15) is 9.90 Å². The number of carbonyl (C=O) groups is 1. The van der Waals surface area contributed by atoms with Crippen LogP contribution in [0.15, 0.2) is 70.8 Å². The van der Waals surface area contributed by atoms with Gasteiger partial charge in [-0.2, -0.15) is 0 Å². The molecule has 0 bridgehead atoms. The minimum absolute atomic E-state index is 0.145. The van der Waals surface area contributed by atoms with Gasteiger partial charge in [0.2, 0.25) is 5.22 Å². The molecule has 134 valence electrons. The Morgan fingerprint density at radius 1 is 1.23 bits per heavy atom. The predicted molar refractivity (Wildman–Crippen MR) is 99.5 cm³/mol. The maximum absolute atomic E-state index is 11.8. The van der Waals surface area contributed by atoms with Crippen LogP contribution in [0.5, 0.6) is 0 Å². The molecule has 1 atom stereocenters. The number of rotatable bonds is 4. The molecular formula is C19H18ClN3O3. The number of hydrogen-bond donors (Lipinski definition) is 3. The molecule has 6 nitrogen and oxygen atoms in total. The fourth-order valence-electron chi connectivity index (χ4n) is 2.89. The van der Waals surface area contributed by atoms with Crippen LogP contribution in [0.1, 0.15) is 24.2 Å². The van der Waals surface area contributed by atoms with Gasteiger partial charge in [0, 0.05) is 23.1 Å². The number of aromatic nitrogens is 1. The molecule has 26 heavy (non-hydrogen) atoms. The fourth-order valence-corrected chi connectivity index (χ4v) is 3.06. The summed E-state index contributed by atoms with van der Waals surface area (Å²) in [5.74, 6) is -1.19. The summed E-state index contributed by atoms with van der Waals surface area (Å²) in [7, 11) is 1.33. The average Bonchev–Trinajstić information content (AvgIpc) is 2.79. The van der Waals surface area contributed by atoms with Crippen LogP contribution >= 0.6 is 11.6 Å². The van der Waals surface area contributed by atoms with Crippen molar-refractivity contribution in [2.45, 2.75) is 13.0 Å². The summed E-state index contributed by atoms with van der Waals surface area (Å²) in [6, 6.07) is 13.0. The summed E-state index contributed by atoms with van der Waals surface area (Å²) in [6.07, 6.45) is 1.70. The normalized spacial score (nSPS) is 17.3. The number of aliphatic carboxylic acids is 1. The van der Waals surface area contributed by atoms with Gasteiger partial charge in [0.25, 0.3) is 0 Å². The van der Waals surface area contributed by atoms with Crippen molar-refractivity contribution in [2.75, 3.05) is 12.4 Å². The summed E-state index contributed by atoms with van der Waals surface area (Å²) < 4.78 is 4.98. The van der Waals surface area contributed by atoms with Crippen molar-refractivity contribution >= 4 is 23.3 Å². The van der Waals surface area contributed by atoms with E-state index in [4.69, 9.17) is 16.3 Å². The van der Waals surface area contributed by atoms with Crippen LogP contribution in [-0.4, -0.2) is 23.2 Å². The highest BCUT2D eigenvalue weighted by Gasteiger charge is 2.29. The molecule has 1 aliphatic rings. The second kappa shape index (κ2) is 7.49. The largest absolute Gasteiger partial charge is 0.486 e. The Labute approximate surface area is 156 Å². The summed E-state index contributed by atoms with van der Waals surface area (Å²) in [4.78, 5) is 16.3. The van der Waals surface area contributed by atoms with Gasteiger partial charge in [-0.25, -0.2) is 4.79 Å². The monoisotopic (exact) mass is 371 g/mol. The molecule has 0 amide bonds. The van der Waals surface area contributed by atoms with Gasteiger partial charge in [-0.05, 0) is 36.7 Å². The number of methoxy groups -OCH3 is 1. The first-order valence-corrected chi connectivity index (χ1v) is 8.32. The minimum Gasteiger partial charge on any atom is -0.486 e. The molecular weight excluding hydrogens is 354 g/mol. The van der Waals surface area contributed by atoms with E-state index in [0.29, 0.717) is 11.4 Å². The Hall–Kier alpha value is -2.99. The number of benzene rings is 1. The number of nitrogens with zero attached hydrogens (tertiary/aromatic N) is 1. The summed E-state index contributed by atoms with van der Waals surface area (Å²) in [5.41, 5.74) is 3.38. The Bertz CT molecular complexity index is 894.